The number of nitrogens with zero attached hydrogens (tertiary/aromatic N) is 5. The number of rotatable bonds is 5. The molecular formula is C15H9N5O3S. The van der Waals surface area contributed by atoms with Crippen LogP contribution in [0.2, 0.25) is 0 Å². The van der Waals surface area contributed by atoms with Crippen LogP contribution in [0.15, 0.2) is 52.0 Å². The standard InChI is InChI=1S/C15H9N5O3S/c16-8-10-5-6-17-14(7-10)24-9-13-18-19-15(23-13)11-1-3-12(4-2-11)20(21)22/h1-7H,9H2. The predicted octanol–water partition coefficient (Wildman–Crippen LogP) is 3.20. The van der Waals surface area contributed by atoms with E-state index in [4.69, 9.17) is 9.68 Å². The van der Waals surface area contributed by atoms with Gasteiger partial charge in [0.25, 0.3) is 5.69 Å². The third kappa shape index (κ3) is 3.56. The lowest BCUT2D eigenvalue weighted by molar-refractivity contribution is -0.384. The smallest absolute Gasteiger partial charge is 0.269 e. The van der Waals surface area contributed by atoms with Crippen molar-refractivity contribution >= 4 is 17.4 Å². The van der Waals surface area contributed by atoms with Crippen LogP contribution in [-0.2, 0) is 5.75 Å². The van der Waals surface area contributed by atoms with Crippen molar-refractivity contribution in [1.82, 2.24) is 15.2 Å². The number of nitro groups is 1. The fourth-order valence-electron chi connectivity index (χ4n) is 1.85. The quantitative estimate of drug-likeness (QED) is 0.395. The van der Waals surface area contributed by atoms with Crippen molar-refractivity contribution in [3.05, 3.63) is 64.2 Å². The molecule has 2 heterocycles. The molecule has 2 aromatic heterocycles. The Morgan fingerprint density at radius 1 is 1.25 bits per heavy atom. The Bertz CT molecular complexity index is 917. The van der Waals surface area contributed by atoms with Crippen molar-refractivity contribution in [1.29, 1.82) is 5.26 Å². The highest BCUT2D eigenvalue weighted by molar-refractivity contribution is 7.98. The number of hydrogen-bond donors (Lipinski definition) is 0. The predicted molar refractivity (Wildman–Crippen MR) is 84.9 cm³/mol. The van der Waals surface area contributed by atoms with Gasteiger partial charge in [-0.3, -0.25) is 10.1 Å². The van der Waals surface area contributed by atoms with Crippen LogP contribution in [0.1, 0.15) is 11.5 Å². The molecule has 0 N–H and O–H groups in total. The average Bonchev–Trinajstić information content (AvgIpc) is 3.09. The summed E-state index contributed by atoms with van der Waals surface area (Å²) in [5.74, 6) is 1.10. The van der Waals surface area contributed by atoms with Crippen LogP contribution in [0.5, 0.6) is 0 Å². The first-order valence-electron chi connectivity index (χ1n) is 6.72. The van der Waals surface area contributed by atoms with Gasteiger partial charge in [0.15, 0.2) is 0 Å². The van der Waals surface area contributed by atoms with E-state index in [2.05, 4.69) is 21.3 Å². The molecule has 0 amide bonds. The SMILES string of the molecule is N#Cc1ccnc(SCc2nnc(-c3ccc([N+](=O)[O-])cc3)o2)c1. The second-order valence-corrected chi connectivity index (χ2v) is 5.58. The highest BCUT2D eigenvalue weighted by Crippen LogP contribution is 2.24. The van der Waals surface area contributed by atoms with Gasteiger partial charge in [0, 0.05) is 23.9 Å². The fourth-order valence-corrected chi connectivity index (χ4v) is 2.58. The summed E-state index contributed by atoms with van der Waals surface area (Å²) in [5, 5.41) is 28.1. The van der Waals surface area contributed by atoms with E-state index in [1.54, 1.807) is 30.5 Å². The lowest BCUT2D eigenvalue weighted by atomic mass is 10.2. The van der Waals surface area contributed by atoms with Crippen molar-refractivity contribution in [2.75, 3.05) is 0 Å². The van der Waals surface area contributed by atoms with E-state index in [0.717, 1.165) is 0 Å². The number of thioether (sulfide) groups is 1. The summed E-state index contributed by atoms with van der Waals surface area (Å²) >= 11 is 1.37. The molecule has 118 valence electrons. The molecule has 0 saturated carbocycles. The molecule has 0 aliphatic heterocycles. The molecule has 3 aromatic rings. The lowest BCUT2D eigenvalue weighted by Gasteiger charge is -1.97. The van der Waals surface area contributed by atoms with Crippen LogP contribution in [0.25, 0.3) is 11.5 Å². The van der Waals surface area contributed by atoms with Crippen molar-refractivity contribution in [2.24, 2.45) is 0 Å². The Morgan fingerprint density at radius 3 is 2.75 bits per heavy atom. The van der Waals surface area contributed by atoms with Gasteiger partial charge in [-0.2, -0.15) is 5.26 Å². The first kappa shape index (κ1) is 15.6. The minimum atomic E-state index is -0.470. The Morgan fingerprint density at radius 2 is 2.04 bits per heavy atom. The molecule has 0 fully saturated rings. The molecule has 0 bridgehead atoms. The molecule has 0 saturated heterocycles. The Kier molecular flexibility index (Phi) is 4.49. The highest BCUT2D eigenvalue weighted by Gasteiger charge is 2.11. The number of nitriles is 1. The van der Waals surface area contributed by atoms with E-state index in [-0.39, 0.29) is 5.69 Å². The van der Waals surface area contributed by atoms with Gasteiger partial charge < -0.3 is 4.42 Å². The largest absolute Gasteiger partial charge is 0.420 e. The summed E-state index contributed by atoms with van der Waals surface area (Å²) < 4.78 is 5.54. The van der Waals surface area contributed by atoms with Crippen LogP contribution in [0.4, 0.5) is 5.69 Å². The highest BCUT2D eigenvalue weighted by atomic mass is 32.2. The maximum atomic E-state index is 10.6. The Hall–Kier alpha value is -3.25. The number of non-ortho nitro benzene ring substituents is 1. The molecule has 8 nitrogen and oxygen atoms in total. The molecule has 3 rings (SSSR count). The maximum absolute atomic E-state index is 10.6. The fraction of sp³-hybridized carbons (Fsp3) is 0.0667. The minimum absolute atomic E-state index is 0.00232. The molecule has 1 aromatic carbocycles. The van der Waals surface area contributed by atoms with Gasteiger partial charge in [0.05, 0.1) is 27.3 Å². The van der Waals surface area contributed by atoms with E-state index in [1.807, 2.05) is 0 Å². The van der Waals surface area contributed by atoms with Crippen molar-refractivity contribution < 1.29 is 9.34 Å². The number of pyridine rings is 1. The van der Waals surface area contributed by atoms with Crippen LogP contribution in [-0.4, -0.2) is 20.1 Å². The summed E-state index contributed by atoms with van der Waals surface area (Å²) in [7, 11) is 0. The summed E-state index contributed by atoms with van der Waals surface area (Å²) in [6, 6.07) is 11.2. The van der Waals surface area contributed by atoms with Crippen LogP contribution >= 0.6 is 11.8 Å². The van der Waals surface area contributed by atoms with Crippen molar-refractivity contribution in [3.63, 3.8) is 0 Å². The van der Waals surface area contributed by atoms with E-state index >= 15 is 0 Å². The normalized spacial score (nSPS) is 10.3. The second kappa shape index (κ2) is 6.89. The van der Waals surface area contributed by atoms with Gasteiger partial charge in [-0.05, 0) is 24.3 Å². The van der Waals surface area contributed by atoms with Gasteiger partial charge in [-0.1, -0.05) is 11.8 Å². The number of aromatic nitrogens is 3. The number of nitro benzene ring substituents is 1. The third-order valence-corrected chi connectivity index (χ3v) is 3.91. The summed E-state index contributed by atoms with van der Waals surface area (Å²) in [5.41, 5.74) is 1.14. The average molecular weight is 339 g/mol. The molecule has 0 atom stereocenters. The van der Waals surface area contributed by atoms with Crippen LogP contribution in [0.3, 0.4) is 0 Å². The third-order valence-electron chi connectivity index (χ3n) is 3.00. The zero-order chi connectivity index (χ0) is 16.9. The lowest BCUT2D eigenvalue weighted by Crippen LogP contribution is -1.87. The van der Waals surface area contributed by atoms with Gasteiger partial charge in [0.1, 0.15) is 0 Å². The Labute approximate surface area is 140 Å². The van der Waals surface area contributed by atoms with Gasteiger partial charge in [-0.25, -0.2) is 4.98 Å². The summed E-state index contributed by atoms with van der Waals surface area (Å²) in [4.78, 5) is 14.3. The molecule has 0 radical (unpaired) electrons. The number of benzene rings is 1. The van der Waals surface area contributed by atoms with Gasteiger partial charge in [0.2, 0.25) is 11.8 Å². The van der Waals surface area contributed by atoms with Crippen LogP contribution < -0.4 is 0 Å². The summed E-state index contributed by atoms with van der Waals surface area (Å²) in [6.45, 7) is 0. The molecule has 9 heteroatoms. The molecule has 0 unspecified atom stereocenters. The zero-order valence-electron chi connectivity index (χ0n) is 12.1. The van der Waals surface area contributed by atoms with Crippen LogP contribution in [0, 0.1) is 21.4 Å². The van der Waals surface area contributed by atoms with E-state index in [0.29, 0.717) is 33.7 Å². The van der Waals surface area contributed by atoms with Gasteiger partial charge >= 0.3 is 0 Å². The molecule has 24 heavy (non-hydrogen) atoms. The van der Waals surface area contributed by atoms with Gasteiger partial charge in [-0.15, -0.1) is 10.2 Å². The number of hydrogen-bond acceptors (Lipinski definition) is 8. The first-order chi connectivity index (χ1) is 11.7. The maximum Gasteiger partial charge on any atom is 0.269 e. The van der Waals surface area contributed by atoms with E-state index in [1.165, 1.54) is 23.9 Å². The molecule has 0 aliphatic carbocycles. The minimum Gasteiger partial charge on any atom is -0.420 e. The Balaban J connectivity index is 1.69. The first-order valence-corrected chi connectivity index (χ1v) is 7.70. The topological polar surface area (TPSA) is 119 Å². The van der Waals surface area contributed by atoms with E-state index < -0.39 is 4.92 Å². The molecular weight excluding hydrogens is 330 g/mol. The molecule has 0 spiro atoms. The monoisotopic (exact) mass is 339 g/mol. The summed E-state index contributed by atoms with van der Waals surface area (Å²) in [6.07, 6.45) is 1.57. The van der Waals surface area contributed by atoms with Crippen molar-refractivity contribution in [3.8, 4) is 17.5 Å². The zero-order valence-corrected chi connectivity index (χ0v) is 12.9. The van der Waals surface area contributed by atoms with E-state index in [9.17, 15) is 10.1 Å². The second-order valence-electron chi connectivity index (χ2n) is 4.59. The molecule has 0 aliphatic rings. The van der Waals surface area contributed by atoms with Crippen molar-refractivity contribution in [2.45, 2.75) is 10.8 Å².